The molecule has 21 heavy (non-hydrogen) atoms. The van der Waals surface area contributed by atoms with E-state index in [9.17, 15) is 14.9 Å². The largest absolute Gasteiger partial charge is 0.481 e. The Kier molecular flexibility index (Phi) is 6.61. The Bertz CT molecular complexity index is 559. The van der Waals surface area contributed by atoms with Crippen molar-refractivity contribution in [3.05, 3.63) is 33.3 Å². The maximum atomic E-state index is 11.5. The number of non-ortho nitro benzene ring substituents is 1. The first-order chi connectivity index (χ1) is 9.97. The summed E-state index contributed by atoms with van der Waals surface area (Å²) < 4.78 is 10.0. The average Bonchev–Trinajstić information content (AvgIpc) is 2.41. The molecule has 0 bridgehead atoms. The second kappa shape index (κ2) is 8.21. The van der Waals surface area contributed by atoms with Crippen LogP contribution in [0.4, 0.5) is 11.4 Å². The van der Waals surface area contributed by atoms with Crippen LogP contribution in [0.3, 0.4) is 0 Å². The van der Waals surface area contributed by atoms with Gasteiger partial charge >= 0.3 is 5.97 Å². The lowest BCUT2D eigenvalue weighted by Gasteiger charge is -2.08. The lowest BCUT2D eigenvalue weighted by Crippen LogP contribution is -2.14. The normalized spacial score (nSPS) is 11.1. The molecule has 0 spiro atoms. The highest BCUT2D eigenvalue weighted by molar-refractivity contribution is 6.33. The number of carbonyl (C=O) groups excluding carboxylic acids is 1. The van der Waals surface area contributed by atoms with Crippen molar-refractivity contribution in [2.24, 2.45) is 4.99 Å². The Morgan fingerprint density at radius 1 is 1.33 bits per heavy atom. The Hall–Kier alpha value is -2.15. The number of halogens is 1. The first kappa shape index (κ1) is 16.9. The molecule has 8 heteroatoms. The summed E-state index contributed by atoms with van der Waals surface area (Å²) in [4.78, 5) is 25.7. The van der Waals surface area contributed by atoms with Gasteiger partial charge in [0.05, 0.1) is 28.8 Å². The average molecular weight is 315 g/mol. The van der Waals surface area contributed by atoms with Gasteiger partial charge in [-0.25, -0.2) is 4.99 Å². The van der Waals surface area contributed by atoms with Crippen LogP contribution in [-0.2, 0) is 14.3 Å². The van der Waals surface area contributed by atoms with Crippen molar-refractivity contribution < 1.29 is 19.2 Å². The third kappa shape index (κ3) is 5.39. The van der Waals surface area contributed by atoms with Gasteiger partial charge in [-0.3, -0.25) is 14.9 Å². The van der Waals surface area contributed by atoms with Crippen LogP contribution in [0.15, 0.2) is 23.2 Å². The van der Waals surface area contributed by atoms with Gasteiger partial charge in [-0.15, -0.1) is 0 Å². The van der Waals surface area contributed by atoms with Crippen LogP contribution in [0.2, 0.25) is 5.02 Å². The predicted octanol–water partition coefficient (Wildman–Crippen LogP) is 3.27. The molecule has 0 aliphatic carbocycles. The summed E-state index contributed by atoms with van der Waals surface area (Å²) in [7, 11) is 0. The highest BCUT2D eigenvalue weighted by atomic mass is 35.5. The van der Waals surface area contributed by atoms with Crippen LogP contribution in [0.1, 0.15) is 20.3 Å². The molecule has 7 nitrogen and oxygen atoms in total. The summed E-state index contributed by atoms with van der Waals surface area (Å²) in [6.07, 6.45) is -0.166. The number of rotatable bonds is 6. The van der Waals surface area contributed by atoms with E-state index in [1.54, 1.807) is 13.8 Å². The molecule has 0 heterocycles. The molecule has 0 saturated heterocycles. The van der Waals surface area contributed by atoms with Gasteiger partial charge < -0.3 is 9.47 Å². The van der Waals surface area contributed by atoms with Crippen molar-refractivity contribution in [2.45, 2.75) is 20.3 Å². The van der Waals surface area contributed by atoms with E-state index in [4.69, 9.17) is 21.1 Å². The Morgan fingerprint density at radius 3 is 2.57 bits per heavy atom. The van der Waals surface area contributed by atoms with Gasteiger partial charge in [0.1, 0.15) is 6.42 Å². The molecule has 0 radical (unpaired) electrons. The Labute approximate surface area is 126 Å². The maximum Gasteiger partial charge on any atom is 0.315 e. The molecule has 0 unspecified atom stereocenters. The van der Waals surface area contributed by atoms with E-state index in [0.717, 1.165) is 0 Å². The molecule has 0 aliphatic heterocycles. The standard InChI is InChI=1S/C13H15ClN2O5/c1-3-20-12(8-13(17)21-4-2)15-11-7-9(16(18)19)5-6-10(11)14/h5-7H,3-4,8H2,1-2H3. The van der Waals surface area contributed by atoms with Crippen LogP contribution in [0.25, 0.3) is 0 Å². The van der Waals surface area contributed by atoms with Gasteiger partial charge in [-0.2, -0.15) is 0 Å². The van der Waals surface area contributed by atoms with Crippen LogP contribution in [0.5, 0.6) is 0 Å². The molecule has 0 atom stereocenters. The lowest BCUT2D eigenvalue weighted by molar-refractivity contribution is -0.384. The van der Waals surface area contributed by atoms with E-state index < -0.39 is 10.9 Å². The van der Waals surface area contributed by atoms with E-state index >= 15 is 0 Å². The third-order valence-electron chi connectivity index (χ3n) is 2.30. The summed E-state index contributed by atoms with van der Waals surface area (Å²) in [6, 6.07) is 3.85. The zero-order valence-corrected chi connectivity index (χ0v) is 12.4. The maximum absolute atomic E-state index is 11.5. The van der Waals surface area contributed by atoms with Gasteiger partial charge in [-0.05, 0) is 19.9 Å². The molecule has 0 aliphatic rings. The van der Waals surface area contributed by atoms with Crippen molar-refractivity contribution in [3.8, 4) is 0 Å². The molecule has 1 aromatic rings. The molecule has 0 aromatic heterocycles. The number of ether oxygens (including phenoxy) is 2. The molecule has 1 rings (SSSR count). The first-order valence-electron chi connectivity index (χ1n) is 6.27. The highest BCUT2D eigenvalue weighted by Gasteiger charge is 2.13. The van der Waals surface area contributed by atoms with Crippen molar-refractivity contribution >= 4 is 34.8 Å². The fourth-order valence-corrected chi connectivity index (χ4v) is 1.62. The van der Waals surface area contributed by atoms with Crippen LogP contribution in [-0.4, -0.2) is 30.0 Å². The molecule has 0 saturated carbocycles. The number of nitrogens with zero attached hydrogens (tertiary/aromatic N) is 2. The van der Waals surface area contributed by atoms with Gasteiger partial charge in [0.15, 0.2) is 5.90 Å². The quantitative estimate of drug-likeness (QED) is 0.264. The molecule has 114 valence electrons. The van der Waals surface area contributed by atoms with Gasteiger partial charge in [0.2, 0.25) is 0 Å². The van der Waals surface area contributed by atoms with Crippen LogP contribution >= 0.6 is 11.6 Å². The first-order valence-corrected chi connectivity index (χ1v) is 6.65. The number of hydrogen-bond donors (Lipinski definition) is 0. The van der Waals surface area contributed by atoms with Gasteiger partial charge in [0, 0.05) is 12.1 Å². The van der Waals surface area contributed by atoms with Crippen LogP contribution < -0.4 is 0 Å². The zero-order valence-electron chi connectivity index (χ0n) is 11.7. The number of aliphatic imine (C=N–C) groups is 1. The predicted molar refractivity (Wildman–Crippen MR) is 78.1 cm³/mol. The minimum atomic E-state index is -0.555. The molecule has 0 fully saturated rings. The van der Waals surface area contributed by atoms with Crippen molar-refractivity contribution in [1.29, 1.82) is 0 Å². The Balaban J connectivity index is 3.06. The van der Waals surface area contributed by atoms with E-state index in [-0.39, 0.29) is 35.3 Å². The lowest BCUT2D eigenvalue weighted by atomic mass is 10.3. The zero-order chi connectivity index (χ0) is 15.8. The van der Waals surface area contributed by atoms with Crippen molar-refractivity contribution in [3.63, 3.8) is 0 Å². The molecule has 0 amide bonds. The molecular weight excluding hydrogens is 300 g/mol. The van der Waals surface area contributed by atoms with Gasteiger partial charge in [0.25, 0.3) is 5.69 Å². The minimum Gasteiger partial charge on any atom is -0.481 e. The number of nitro benzene ring substituents is 1. The number of benzene rings is 1. The van der Waals surface area contributed by atoms with Crippen molar-refractivity contribution in [2.75, 3.05) is 13.2 Å². The fraction of sp³-hybridized carbons (Fsp3) is 0.385. The number of hydrogen-bond acceptors (Lipinski definition) is 6. The third-order valence-corrected chi connectivity index (χ3v) is 2.62. The monoisotopic (exact) mass is 314 g/mol. The second-order valence-electron chi connectivity index (χ2n) is 3.81. The molecular formula is C13H15ClN2O5. The number of carbonyl (C=O) groups is 1. The summed E-state index contributed by atoms with van der Waals surface area (Å²) in [5.41, 5.74) is 0.0174. The number of nitro groups is 1. The summed E-state index contributed by atoms with van der Waals surface area (Å²) >= 11 is 5.94. The van der Waals surface area contributed by atoms with Gasteiger partial charge in [-0.1, -0.05) is 11.6 Å². The van der Waals surface area contributed by atoms with E-state index in [1.165, 1.54) is 18.2 Å². The minimum absolute atomic E-state index is 0.0957. The smallest absolute Gasteiger partial charge is 0.315 e. The van der Waals surface area contributed by atoms with E-state index in [1.807, 2.05) is 0 Å². The Morgan fingerprint density at radius 2 is 2.00 bits per heavy atom. The molecule has 0 N–H and O–H groups in total. The second-order valence-corrected chi connectivity index (χ2v) is 4.22. The fourth-order valence-electron chi connectivity index (χ4n) is 1.46. The highest BCUT2D eigenvalue weighted by Crippen LogP contribution is 2.29. The summed E-state index contributed by atoms with van der Waals surface area (Å²) in [5.74, 6) is -0.399. The molecule has 1 aromatic carbocycles. The van der Waals surface area contributed by atoms with E-state index in [2.05, 4.69) is 4.99 Å². The van der Waals surface area contributed by atoms with Crippen molar-refractivity contribution in [1.82, 2.24) is 0 Å². The van der Waals surface area contributed by atoms with E-state index in [0.29, 0.717) is 6.61 Å². The topological polar surface area (TPSA) is 91.0 Å². The number of esters is 1. The summed E-state index contributed by atoms with van der Waals surface area (Å²) in [6.45, 7) is 3.96. The van der Waals surface area contributed by atoms with Crippen LogP contribution in [0, 0.1) is 10.1 Å². The SMILES string of the molecule is CCOC(=O)CC(=Nc1cc([N+](=O)[O-])ccc1Cl)OCC. The summed E-state index contributed by atoms with van der Waals surface area (Å²) in [5, 5.41) is 11.0.